The normalized spacial score (nSPS) is 10.6. The van der Waals surface area contributed by atoms with Crippen LogP contribution in [-0.2, 0) is 0 Å². The number of hydrogen-bond donors (Lipinski definition) is 1. The lowest BCUT2D eigenvalue weighted by atomic mass is 9.96. The lowest BCUT2D eigenvalue weighted by molar-refractivity contribution is 0.111. The molecule has 0 aliphatic carbocycles. The fraction of sp³-hybridized carbons (Fsp3) is 0.372. The number of aldehydes is 3. The van der Waals surface area contributed by atoms with Crippen LogP contribution in [0, 0.1) is 27.7 Å². The fourth-order valence-electron chi connectivity index (χ4n) is 5.05. The SMILES string of the molecule is Cc1cc(C(C)C)c(Br)cc1C=O.Cc1cc(C(C)C)c(Br)cc1C=O.Cc1cc(C(C)C)c(C=O)cc1Br.Cc1cc(C(C)C)c(O)cc1Br. The van der Waals surface area contributed by atoms with Crippen molar-refractivity contribution in [3.63, 3.8) is 0 Å². The Morgan fingerprint density at radius 2 is 0.706 bits per heavy atom. The zero-order valence-electron chi connectivity index (χ0n) is 31.8. The van der Waals surface area contributed by atoms with Gasteiger partial charge in [0.15, 0.2) is 0 Å². The van der Waals surface area contributed by atoms with Crippen LogP contribution in [0.4, 0.5) is 0 Å². The molecule has 276 valence electrons. The van der Waals surface area contributed by atoms with E-state index in [4.69, 9.17) is 0 Å². The Kier molecular flexibility index (Phi) is 20.1. The molecule has 0 aliphatic rings. The van der Waals surface area contributed by atoms with Crippen molar-refractivity contribution in [2.45, 2.75) is 107 Å². The van der Waals surface area contributed by atoms with Gasteiger partial charge in [0, 0.05) is 34.6 Å². The lowest BCUT2D eigenvalue weighted by Gasteiger charge is -2.10. The minimum atomic E-state index is 0.372. The summed E-state index contributed by atoms with van der Waals surface area (Å²) in [5.41, 5.74) is 11.4. The summed E-state index contributed by atoms with van der Waals surface area (Å²) in [7, 11) is 0. The van der Waals surface area contributed by atoms with E-state index in [0.717, 1.165) is 81.3 Å². The largest absolute Gasteiger partial charge is 0.508 e. The molecule has 0 atom stereocenters. The number of carbonyl (C=O) groups excluding carboxylic acids is 3. The Morgan fingerprint density at radius 1 is 0.412 bits per heavy atom. The van der Waals surface area contributed by atoms with Gasteiger partial charge in [-0.25, -0.2) is 0 Å². The first-order valence-corrected chi connectivity index (χ1v) is 20.1. The second-order valence-electron chi connectivity index (χ2n) is 13.8. The number of phenolic OH excluding ortho intramolecular Hbond substituents is 1. The standard InChI is InChI=1S/3C11H13BrO.C10H13BrO/c1-7(2)10-4-8(3)11(12)5-9(10)6-13;2*1-7(2)10-4-8(3)9(6-13)5-11(10)12;1-6(2)8-4-7(3)9(11)5-10(8)12/h3*4-7H,1-3H3;4-6,12H,1-3H3. The van der Waals surface area contributed by atoms with Gasteiger partial charge >= 0.3 is 0 Å². The average molecular weight is 953 g/mol. The number of halogens is 4. The first-order valence-electron chi connectivity index (χ1n) is 16.9. The highest BCUT2D eigenvalue weighted by molar-refractivity contribution is 9.11. The second-order valence-corrected chi connectivity index (χ2v) is 17.2. The summed E-state index contributed by atoms with van der Waals surface area (Å²) in [6, 6.07) is 15.6. The predicted octanol–water partition coefficient (Wildman–Crippen LogP) is 14.7. The molecule has 0 heterocycles. The molecule has 4 nitrogen and oxygen atoms in total. The number of rotatable bonds is 7. The van der Waals surface area contributed by atoms with Crippen molar-refractivity contribution >= 4 is 82.6 Å². The van der Waals surface area contributed by atoms with Crippen LogP contribution in [0.15, 0.2) is 66.4 Å². The molecule has 0 aromatic heterocycles. The van der Waals surface area contributed by atoms with Gasteiger partial charge in [-0.2, -0.15) is 0 Å². The number of phenols is 1. The van der Waals surface area contributed by atoms with Gasteiger partial charge in [0.1, 0.15) is 24.6 Å². The van der Waals surface area contributed by atoms with Gasteiger partial charge in [-0.05, 0) is 120 Å². The third kappa shape index (κ3) is 14.2. The summed E-state index contributed by atoms with van der Waals surface area (Å²) < 4.78 is 4.01. The van der Waals surface area contributed by atoms with Gasteiger partial charge in [0.05, 0.1) is 0 Å². The van der Waals surface area contributed by atoms with E-state index in [1.165, 1.54) is 16.7 Å². The van der Waals surface area contributed by atoms with Crippen LogP contribution < -0.4 is 0 Å². The number of aromatic hydroxyl groups is 1. The number of hydrogen-bond acceptors (Lipinski definition) is 4. The maximum Gasteiger partial charge on any atom is 0.150 e. The minimum absolute atomic E-state index is 0.372. The molecule has 0 radical (unpaired) electrons. The van der Waals surface area contributed by atoms with Gasteiger partial charge in [-0.3, -0.25) is 14.4 Å². The molecular formula is C43H52Br4O4. The molecule has 4 aromatic rings. The minimum Gasteiger partial charge on any atom is -0.508 e. The summed E-state index contributed by atoms with van der Waals surface area (Å²) in [5.74, 6) is 2.11. The molecule has 51 heavy (non-hydrogen) atoms. The average Bonchev–Trinajstić information content (AvgIpc) is 3.05. The maximum absolute atomic E-state index is 10.8. The summed E-state index contributed by atoms with van der Waals surface area (Å²) in [4.78, 5) is 32.1. The van der Waals surface area contributed by atoms with Crippen LogP contribution >= 0.6 is 63.7 Å². The molecular weight excluding hydrogens is 900 g/mol. The Balaban J connectivity index is 0.000000340. The third-order valence-corrected chi connectivity index (χ3v) is 11.4. The first kappa shape index (κ1) is 46.6. The van der Waals surface area contributed by atoms with E-state index in [-0.39, 0.29) is 0 Å². The number of benzene rings is 4. The number of aryl methyl sites for hydroxylation is 4. The number of carbonyl (C=O) groups is 3. The molecule has 0 amide bonds. The molecule has 8 heteroatoms. The second kappa shape index (κ2) is 22.0. The van der Waals surface area contributed by atoms with Crippen LogP contribution in [0.3, 0.4) is 0 Å². The molecule has 0 fully saturated rings. The molecule has 4 rings (SSSR count). The van der Waals surface area contributed by atoms with Crippen molar-refractivity contribution < 1.29 is 19.5 Å². The van der Waals surface area contributed by atoms with Gasteiger partial charge in [-0.15, -0.1) is 0 Å². The summed E-state index contributed by atoms with van der Waals surface area (Å²) in [6.07, 6.45) is 2.70. The van der Waals surface area contributed by atoms with Gasteiger partial charge in [0.2, 0.25) is 0 Å². The smallest absolute Gasteiger partial charge is 0.150 e. The Hall–Kier alpha value is -2.39. The topological polar surface area (TPSA) is 71.4 Å². The fourth-order valence-corrected chi connectivity index (χ4v) is 7.38. The third-order valence-electron chi connectivity index (χ3n) is 8.31. The summed E-state index contributed by atoms with van der Waals surface area (Å²) in [6.45, 7) is 24.9. The van der Waals surface area contributed by atoms with Crippen LogP contribution in [-0.4, -0.2) is 24.0 Å². The highest BCUT2D eigenvalue weighted by Crippen LogP contribution is 2.31. The van der Waals surface area contributed by atoms with Crippen molar-refractivity contribution in [2.75, 3.05) is 0 Å². The molecule has 0 aliphatic heterocycles. The van der Waals surface area contributed by atoms with Crippen molar-refractivity contribution in [2.24, 2.45) is 0 Å². The summed E-state index contributed by atoms with van der Waals surface area (Å²) in [5, 5.41) is 9.56. The van der Waals surface area contributed by atoms with Crippen LogP contribution in [0.5, 0.6) is 5.75 Å². The van der Waals surface area contributed by atoms with Gasteiger partial charge < -0.3 is 5.11 Å². The van der Waals surface area contributed by atoms with Gasteiger partial charge in [0.25, 0.3) is 0 Å². The highest BCUT2D eigenvalue weighted by atomic mass is 79.9. The monoisotopic (exact) mass is 948 g/mol. The van der Waals surface area contributed by atoms with Crippen molar-refractivity contribution in [1.29, 1.82) is 0 Å². The quantitative estimate of drug-likeness (QED) is 0.187. The Labute approximate surface area is 339 Å². The molecule has 0 bridgehead atoms. The van der Waals surface area contributed by atoms with E-state index in [1.54, 1.807) is 6.07 Å². The Morgan fingerprint density at radius 3 is 1.04 bits per heavy atom. The predicted molar refractivity (Wildman–Crippen MR) is 230 cm³/mol. The molecule has 0 unspecified atom stereocenters. The zero-order chi connectivity index (χ0) is 39.3. The molecule has 0 saturated carbocycles. The zero-order valence-corrected chi connectivity index (χ0v) is 38.2. The van der Waals surface area contributed by atoms with Crippen LogP contribution in [0.25, 0.3) is 0 Å². The van der Waals surface area contributed by atoms with E-state index in [2.05, 4.69) is 137 Å². The van der Waals surface area contributed by atoms with E-state index < -0.39 is 0 Å². The molecule has 0 saturated heterocycles. The van der Waals surface area contributed by atoms with E-state index in [0.29, 0.717) is 29.4 Å². The van der Waals surface area contributed by atoms with Crippen molar-refractivity contribution in [3.05, 3.63) is 128 Å². The molecule has 1 N–H and O–H groups in total. The van der Waals surface area contributed by atoms with Crippen LogP contribution in [0.1, 0.15) is 155 Å². The highest BCUT2D eigenvalue weighted by Gasteiger charge is 2.11. The lowest BCUT2D eigenvalue weighted by Crippen LogP contribution is -1.96. The molecule has 4 aromatic carbocycles. The van der Waals surface area contributed by atoms with Crippen molar-refractivity contribution in [1.82, 2.24) is 0 Å². The van der Waals surface area contributed by atoms with E-state index in [9.17, 15) is 19.5 Å². The van der Waals surface area contributed by atoms with Gasteiger partial charge in [-0.1, -0.05) is 143 Å². The van der Waals surface area contributed by atoms with E-state index >= 15 is 0 Å². The summed E-state index contributed by atoms with van der Waals surface area (Å²) >= 11 is 13.7. The molecule has 0 spiro atoms. The Bertz CT molecular complexity index is 1740. The van der Waals surface area contributed by atoms with Crippen molar-refractivity contribution in [3.8, 4) is 5.75 Å². The first-order chi connectivity index (χ1) is 23.7. The van der Waals surface area contributed by atoms with E-state index in [1.807, 2.05) is 52.0 Å². The van der Waals surface area contributed by atoms with Crippen LogP contribution in [0.2, 0.25) is 0 Å². The maximum atomic E-state index is 10.8.